The molecule has 0 saturated carbocycles. The summed E-state index contributed by atoms with van der Waals surface area (Å²) in [6, 6.07) is 14.9. The fraction of sp³-hybridized carbons (Fsp3) is 0.0526. The molecule has 4 N–H and O–H groups in total. The molecule has 0 atom stereocenters. The SMILES string of the molecule is COc1ccc(-n2c(O)c(/C=N/NC(=O)Nc3ccccc3)c(=O)[nH]c2=S)cc1. The number of amides is 2. The fourth-order valence-corrected chi connectivity index (χ4v) is 2.75. The van der Waals surface area contributed by atoms with Gasteiger partial charge in [0.25, 0.3) is 5.56 Å². The number of aromatic hydroxyl groups is 1. The minimum absolute atomic E-state index is 0.00426. The van der Waals surface area contributed by atoms with Crippen molar-refractivity contribution < 1.29 is 14.6 Å². The number of ether oxygens (including phenoxy) is 1. The van der Waals surface area contributed by atoms with Crippen LogP contribution in [-0.4, -0.2) is 34.0 Å². The van der Waals surface area contributed by atoms with Gasteiger partial charge in [0, 0.05) is 5.69 Å². The molecular weight excluding hydrogens is 394 g/mol. The number of aromatic nitrogens is 2. The lowest BCUT2D eigenvalue weighted by Gasteiger charge is -2.11. The zero-order valence-corrected chi connectivity index (χ0v) is 16.1. The van der Waals surface area contributed by atoms with Gasteiger partial charge in [-0.1, -0.05) is 18.2 Å². The first kappa shape index (κ1) is 19.8. The summed E-state index contributed by atoms with van der Waals surface area (Å²) in [5.41, 5.74) is 2.49. The molecule has 0 fully saturated rings. The molecule has 0 unspecified atom stereocenters. The third-order valence-corrected chi connectivity index (χ3v) is 4.13. The van der Waals surface area contributed by atoms with Gasteiger partial charge < -0.3 is 15.2 Å². The van der Waals surface area contributed by atoms with Crippen LogP contribution < -0.4 is 21.0 Å². The Labute approximate surface area is 170 Å². The van der Waals surface area contributed by atoms with E-state index in [0.29, 0.717) is 17.1 Å². The number of methoxy groups -OCH3 is 1. The number of carbonyl (C=O) groups excluding carboxylic acids is 1. The van der Waals surface area contributed by atoms with Crippen molar-refractivity contribution >= 4 is 30.2 Å². The summed E-state index contributed by atoms with van der Waals surface area (Å²) in [7, 11) is 1.54. The fourth-order valence-electron chi connectivity index (χ4n) is 2.46. The number of H-pyrrole nitrogens is 1. The van der Waals surface area contributed by atoms with E-state index in [0.717, 1.165) is 6.21 Å². The number of aromatic amines is 1. The summed E-state index contributed by atoms with van der Waals surface area (Å²) in [4.78, 5) is 26.5. The Morgan fingerprint density at radius 3 is 2.55 bits per heavy atom. The minimum Gasteiger partial charge on any atom is -0.497 e. The number of nitrogens with zero attached hydrogens (tertiary/aromatic N) is 2. The van der Waals surface area contributed by atoms with Crippen LogP contribution in [0.15, 0.2) is 64.5 Å². The largest absolute Gasteiger partial charge is 0.497 e. The molecule has 0 aliphatic carbocycles. The van der Waals surface area contributed by atoms with Crippen molar-refractivity contribution in [2.45, 2.75) is 0 Å². The molecule has 148 valence electrons. The number of para-hydroxylation sites is 1. The molecule has 1 heterocycles. The first-order valence-corrected chi connectivity index (χ1v) is 8.78. The standard InChI is InChI=1S/C19H17N5O4S/c1-28-14-9-7-13(8-10-14)24-17(26)15(16(25)22-19(24)29)11-20-23-18(27)21-12-5-3-2-4-6-12/h2-11,26H,1H3,(H2,21,23,27)(H,22,25,29)/b20-11+. The number of anilines is 1. The van der Waals surface area contributed by atoms with E-state index in [2.05, 4.69) is 20.8 Å². The van der Waals surface area contributed by atoms with E-state index < -0.39 is 17.5 Å². The van der Waals surface area contributed by atoms with Crippen LogP contribution in [0, 0.1) is 4.77 Å². The third-order valence-electron chi connectivity index (χ3n) is 3.84. The van der Waals surface area contributed by atoms with Gasteiger partial charge in [-0.05, 0) is 48.6 Å². The van der Waals surface area contributed by atoms with Crippen molar-refractivity contribution in [1.29, 1.82) is 0 Å². The van der Waals surface area contributed by atoms with Crippen LogP contribution in [0.4, 0.5) is 10.5 Å². The van der Waals surface area contributed by atoms with Gasteiger partial charge in [0.2, 0.25) is 5.88 Å². The summed E-state index contributed by atoms with van der Waals surface area (Å²) in [6.07, 6.45) is 1.04. The van der Waals surface area contributed by atoms with Crippen molar-refractivity contribution in [3.05, 3.63) is 75.3 Å². The van der Waals surface area contributed by atoms with Gasteiger partial charge in [0.15, 0.2) is 4.77 Å². The van der Waals surface area contributed by atoms with Crippen LogP contribution in [-0.2, 0) is 0 Å². The summed E-state index contributed by atoms with van der Waals surface area (Å²) >= 11 is 5.15. The van der Waals surface area contributed by atoms with Crippen molar-refractivity contribution in [3.63, 3.8) is 0 Å². The zero-order valence-electron chi connectivity index (χ0n) is 15.2. The summed E-state index contributed by atoms with van der Waals surface area (Å²) in [5, 5.41) is 16.8. The van der Waals surface area contributed by atoms with E-state index >= 15 is 0 Å². The van der Waals surface area contributed by atoms with Crippen molar-refractivity contribution in [3.8, 4) is 17.3 Å². The molecule has 0 spiro atoms. The molecule has 9 nitrogen and oxygen atoms in total. The highest BCUT2D eigenvalue weighted by Crippen LogP contribution is 2.21. The molecule has 3 aromatic rings. The lowest BCUT2D eigenvalue weighted by atomic mass is 10.2. The van der Waals surface area contributed by atoms with E-state index in [1.165, 1.54) is 11.7 Å². The summed E-state index contributed by atoms with van der Waals surface area (Å²) < 4.78 is 6.37. The second-order valence-electron chi connectivity index (χ2n) is 5.72. The predicted molar refractivity (Wildman–Crippen MR) is 112 cm³/mol. The lowest BCUT2D eigenvalue weighted by Crippen LogP contribution is -2.25. The Balaban J connectivity index is 1.83. The van der Waals surface area contributed by atoms with Crippen LogP contribution in [0.25, 0.3) is 5.69 Å². The zero-order chi connectivity index (χ0) is 20.8. The van der Waals surface area contributed by atoms with Gasteiger partial charge in [-0.2, -0.15) is 5.10 Å². The maximum Gasteiger partial charge on any atom is 0.339 e. The van der Waals surface area contributed by atoms with E-state index in [-0.39, 0.29) is 10.3 Å². The Morgan fingerprint density at radius 2 is 1.90 bits per heavy atom. The highest BCUT2D eigenvalue weighted by Gasteiger charge is 2.13. The van der Waals surface area contributed by atoms with Crippen LogP contribution in [0.2, 0.25) is 0 Å². The van der Waals surface area contributed by atoms with Gasteiger partial charge in [0.05, 0.1) is 19.0 Å². The van der Waals surface area contributed by atoms with Gasteiger partial charge in [-0.25, -0.2) is 10.2 Å². The van der Waals surface area contributed by atoms with Gasteiger partial charge in [0.1, 0.15) is 11.3 Å². The van der Waals surface area contributed by atoms with Crippen molar-refractivity contribution in [1.82, 2.24) is 15.0 Å². The molecule has 0 aliphatic heterocycles. The topological polar surface area (TPSA) is 121 Å². The molecule has 1 aromatic heterocycles. The molecule has 29 heavy (non-hydrogen) atoms. The average molecular weight is 411 g/mol. The highest BCUT2D eigenvalue weighted by atomic mass is 32.1. The molecule has 2 aromatic carbocycles. The lowest BCUT2D eigenvalue weighted by molar-refractivity contribution is 0.252. The molecule has 3 rings (SSSR count). The van der Waals surface area contributed by atoms with Gasteiger partial charge >= 0.3 is 6.03 Å². The second kappa shape index (κ2) is 8.85. The third kappa shape index (κ3) is 4.68. The number of rotatable bonds is 5. The smallest absolute Gasteiger partial charge is 0.339 e. The number of urea groups is 1. The number of nitrogens with one attached hydrogen (secondary N) is 3. The summed E-state index contributed by atoms with van der Waals surface area (Å²) in [5.74, 6) is 0.206. The molecule has 10 heteroatoms. The maximum absolute atomic E-state index is 12.2. The Kier molecular flexibility index (Phi) is 6.05. The normalized spacial score (nSPS) is 10.7. The highest BCUT2D eigenvalue weighted by molar-refractivity contribution is 7.71. The quantitative estimate of drug-likeness (QED) is 0.292. The van der Waals surface area contributed by atoms with Crippen molar-refractivity contribution in [2.24, 2.45) is 5.10 Å². The molecular formula is C19H17N5O4S. The van der Waals surface area contributed by atoms with E-state index in [9.17, 15) is 14.7 Å². The van der Waals surface area contributed by atoms with Crippen LogP contribution >= 0.6 is 12.2 Å². The predicted octanol–water partition coefficient (Wildman–Crippen LogP) is 2.76. The Morgan fingerprint density at radius 1 is 1.21 bits per heavy atom. The molecule has 0 bridgehead atoms. The van der Waals surface area contributed by atoms with E-state index in [1.807, 2.05) is 6.07 Å². The monoisotopic (exact) mass is 411 g/mol. The molecule has 0 radical (unpaired) electrons. The van der Waals surface area contributed by atoms with Crippen LogP contribution in [0.1, 0.15) is 5.56 Å². The number of hydrogen-bond donors (Lipinski definition) is 4. The number of hydrogen-bond acceptors (Lipinski definition) is 6. The van der Waals surface area contributed by atoms with E-state index in [1.54, 1.807) is 48.5 Å². The number of hydrazone groups is 1. The number of carbonyl (C=O) groups is 1. The summed E-state index contributed by atoms with van der Waals surface area (Å²) in [6.45, 7) is 0. The minimum atomic E-state index is -0.647. The average Bonchev–Trinajstić information content (AvgIpc) is 2.71. The first-order chi connectivity index (χ1) is 14.0. The first-order valence-electron chi connectivity index (χ1n) is 8.37. The molecule has 0 saturated heterocycles. The maximum atomic E-state index is 12.2. The molecule has 0 aliphatic rings. The second-order valence-corrected chi connectivity index (χ2v) is 6.11. The van der Waals surface area contributed by atoms with Gasteiger partial charge in [-0.3, -0.25) is 14.3 Å². The Bertz CT molecular complexity index is 1150. The van der Waals surface area contributed by atoms with Crippen LogP contribution in [0.5, 0.6) is 11.6 Å². The van der Waals surface area contributed by atoms with Crippen molar-refractivity contribution in [2.75, 3.05) is 12.4 Å². The van der Waals surface area contributed by atoms with E-state index in [4.69, 9.17) is 17.0 Å². The van der Waals surface area contributed by atoms with Crippen LogP contribution in [0.3, 0.4) is 0 Å². The molecule has 2 amide bonds. The number of benzene rings is 2. The van der Waals surface area contributed by atoms with Gasteiger partial charge in [-0.15, -0.1) is 0 Å². The Hall–Kier alpha value is -3.92.